The van der Waals surface area contributed by atoms with Crippen molar-refractivity contribution in [1.82, 2.24) is 4.90 Å². The molecule has 0 saturated carbocycles. The Balaban J connectivity index is 3.20. The summed E-state index contributed by atoms with van der Waals surface area (Å²) < 4.78 is 57.4. The molecule has 0 aliphatic carbocycles. The maximum absolute atomic E-state index is 14.6. The van der Waals surface area contributed by atoms with E-state index in [4.69, 9.17) is 4.74 Å². The minimum Gasteiger partial charge on any atom is -0.444 e. The van der Waals surface area contributed by atoms with Gasteiger partial charge >= 0.3 is 12.3 Å². The molecule has 0 spiro atoms. The van der Waals surface area contributed by atoms with Gasteiger partial charge in [-0.3, -0.25) is 10.1 Å². The molecule has 2 amide bonds. The van der Waals surface area contributed by atoms with Crippen molar-refractivity contribution in [2.45, 2.75) is 45.4 Å². The number of benzene rings is 1. The molecule has 6 nitrogen and oxygen atoms in total. The monoisotopic (exact) mass is 421 g/mol. The minimum absolute atomic E-state index is 0.171. The standard InChI is InChI=1S/C19H27F4N3O3/c1-11(16(27)26(7)10-19(21,22)23)12-8-13(20)14(9-15(12)25(5)6)24-17(28)29-18(2,3)4/h8-9,11H,10H2,1-7H3,(H,24,28)/t11-/m1/s1. The van der Waals surface area contributed by atoms with Crippen molar-refractivity contribution in [3.63, 3.8) is 0 Å². The van der Waals surface area contributed by atoms with Gasteiger partial charge in [0.1, 0.15) is 18.0 Å². The molecule has 1 aromatic rings. The molecule has 0 fully saturated rings. The van der Waals surface area contributed by atoms with Crippen LogP contribution in [0.1, 0.15) is 39.2 Å². The first kappa shape index (κ1) is 24.5. The van der Waals surface area contributed by atoms with E-state index in [2.05, 4.69) is 5.32 Å². The summed E-state index contributed by atoms with van der Waals surface area (Å²) in [6, 6.07) is 2.34. The Hall–Kier alpha value is -2.52. The summed E-state index contributed by atoms with van der Waals surface area (Å²) in [5.74, 6) is -2.68. The third-order valence-corrected chi connectivity index (χ3v) is 3.86. The number of anilines is 2. The topological polar surface area (TPSA) is 61.9 Å². The third kappa shape index (κ3) is 7.43. The summed E-state index contributed by atoms with van der Waals surface area (Å²) in [4.78, 5) is 26.5. The van der Waals surface area contributed by atoms with Gasteiger partial charge in [-0.25, -0.2) is 9.18 Å². The molecule has 164 valence electrons. The van der Waals surface area contributed by atoms with E-state index >= 15 is 0 Å². The highest BCUT2D eigenvalue weighted by Crippen LogP contribution is 2.33. The van der Waals surface area contributed by atoms with Crippen LogP contribution >= 0.6 is 0 Å². The number of rotatable bonds is 5. The Kier molecular flexibility index (Phi) is 7.50. The zero-order valence-corrected chi connectivity index (χ0v) is 17.6. The van der Waals surface area contributed by atoms with Crippen LogP contribution in [0.2, 0.25) is 0 Å². The van der Waals surface area contributed by atoms with Crippen molar-refractivity contribution in [2.75, 3.05) is 37.9 Å². The molecule has 0 aromatic heterocycles. The average Bonchev–Trinajstić information content (AvgIpc) is 2.51. The highest BCUT2D eigenvalue weighted by Gasteiger charge is 2.33. The van der Waals surface area contributed by atoms with Gasteiger partial charge in [-0.05, 0) is 45.4 Å². The highest BCUT2D eigenvalue weighted by molar-refractivity contribution is 5.88. The second-order valence-corrected chi connectivity index (χ2v) is 7.94. The SMILES string of the molecule is C[C@@H](C(=O)N(C)CC(F)(F)F)c1cc(F)c(NC(=O)OC(C)(C)C)cc1N(C)C. The number of nitrogens with zero attached hydrogens (tertiary/aromatic N) is 2. The van der Waals surface area contributed by atoms with Crippen molar-refractivity contribution in [1.29, 1.82) is 0 Å². The first-order valence-electron chi connectivity index (χ1n) is 8.84. The van der Waals surface area contributed by atoms with Gasteiger partial charge in [0.05, 0.1) is 11.6 Å². The van der Waals surface area contributed by atoms with Crippen LogP contribution in [0.4, 0.5) is 33.7 Å². The summed E-state index contributed by atoms with van der Waals surface area (Å²) >= 11 is 0. The molecule has 1 atom stereocenters. The van der Waals surface area contributed by atoms with Crippen LogP contribution in [-0.4, -0.2) is 56.4 Å². The number of amides is 2. The fourth-order valence-electron chi connectivity index (χ4n) is 2.63. The van der Waals surface area contributed by atoms with Crippen LogP contribution in [0, 0.1) is 5.82 Å². The molecule has 0 unspecified atom stereocenters. The van der Waals surface area contributed by atoms with Gasteiger partial charge in [0.2, 0.25) is 5.91 Å². The number of nitrogens with one attached hydrogen (secondary N) is 1. The largest absolute Gasteiger partial charge is 0.444 e. The van der Waals surface area contributed by atoms with E-state index in [-0.39, 0.29) is 11.3 Å². The van der Waals surface area contributed by atoms with Crippen LogP contribution in [0.5, 0.6) is 0 Å². The lowest BCUT2D eigenvalue weighted by Gasteiger charge is -2.27. The summed E-state index contributed by atoms with van der Waals surface area (Å²) in [7, 11) is 4.30. The van der Waals surface area contributed by atoms with Gasteiger partial charge in [-0.2, -0.15) is 13.2 Å². The number of likely N-dealkylation sites (N-methyl/N-ethyl adjacent to an activating group) is 1. The van der Waals surface area contributed by atoms with Crippen LogP contribution in [0.3, 0.4) is 0 Å². The Bertz CT molecular complexity index is 758. The molecule has 0 bridgehead atoms. The Labute approximate surface area is 167 Å². The lowest BCUT2D eigenvalue weighted by molar-refractivity contribution is -0.159. The van der Waals surface area contributed by atoms with E-state index in [1.165, 1.54) is 13.0 Å². The first-order valence-corrected chi connectivity index (χ1v) is 8.84. The third-order valence-electron chi connectivity index (χ3n) is 3.86. The van der Waals surface area contributed by atoms with E-state index in [0.29, 0.717) is 10.6 Å². The zero-order valence-electron chi connectivity index (χ0n) is 17.6. The smallest absolute Gasteiger partial charge is 0.412 e. The van der Waals surface area contributed by atoms with E-state index < -0.39 is 42.1 Å². The molecule has 0 radical (unpaired) electrons. The second-order valence-electron chi connectivity index (χ2n) is 7.94. The van der Waals surface area contributed by atoms with Crippen molar-refractivity contribution in [2.24, 2.45) is 0 Å². The van der Waals surface area contributed by atoms with Crippen molar-refractivity contribution in [3.8, 4) is 0 Å². The van der Waals surface area contributed by atoms with E-state index in [0.717, 1.165) is 13.1 Å². The molecule has 10 heteroatoms. The molecule has 0 aliphatic heterocycles. The highest BCUT2D eigenvalue weighted by atomic mass is 19.4. The molecular weight excluding hydrogens is 394 g/mol. The van der Waals surface area contributed by atoms with E-state index in [9.17, 15) is 27.2 Å². The number of carbonyl (C=O) groups is 2. The number of hydrogen-bond donors (Lipinski definition) is 1. The molecule has 1 rings (SSSR count). The Morgan fingerprint density at radius 2 is 1.69 bits per heavy atom. The zero-order chi connectivity index (χ0) is 22.7. The minimum atomic E-state index is -4.54. The predicted molar refractivity (Wildman–Crippen MR) is 103 cm³/mol. The van der Waals surface area contributed by atoms with Crippen LogP contribution in [0.15, 0.2) is 12.1 Å². The van der Waals surface area contributed by atoms with Gasteiger partial charge in [0.15, 0.2) is 0 Å². The van der Waals surface area contributed by atoms with E-state index in [1.807, 2.05) is 0 Å². The number of halogens is 4. The second kappa shape index (κ2) is 8.87. The number of ether oxygens (including phenoxy) is 1. The van der Waals surface area contributed by atoms with Gasteiger partial charge in [-0.15, -0.1) is 0 Å². The fourth-order valence-corrected chi connectivity index (χ4v) is 2.63. The summed E-state index contributed by atoms with van der Waals surface area (Å²) in [5.41, 5.74) is -0.385. The molecule has 1 N–H and O–H groups in total. The van der Waals surface area contributed by atoms with Gasteiger partial charge in [0.25, 0.3) is 0 Å². The van der Waals surface area contributed by atoms with Crippen molar-refractivity contribution < 1.29 is 31.9 Å². The maximum Gasteiger partial charge on any atom is 0.412 e. The quantitative estimate of drug-likeness (QED) is 0.718. The predicted octanol–water partition coefficient (Wildman–Crippen LogP) is 4.36. The van der Waals surface area contributed by atoms with Gasteiger partial charge in [-0.1, -0.05) is 0 Å². The molecule has 1 aromatic carbocycles. The molecule has 0 aliphatic rings. The summed E-state index contributed by atoms with van der Waals surface area (Å²) in [6.45, 7) is 4.96. The number of hydrogen-bond acceptors (Lipinski definition) is 4. The first-order chi connectivity index (χ1) is 13.0. The molecule has 0 heterocycles. The van der Waals surface area contributed by atoms with E-state index in [1.54, 1.807) is 39.8 Å². The number of alkyl halides is 3. The van der Waals surface area contributed by atoms with Gasteiger partial charge < -0.3 is 14.5 Å². The van der Waals surface area contributed by atoms with Crippen molar-refractivity contribution in [3.05, 3.63) is 23.5 Å². The fraction of sp³-hybridized carbons (Fsp3) is 0.579. The van der Waals surface area contributed by atoms with Crippen LogP contribution < -0.4 is 10.2 Å². The van der Waals surface area contributed by atoms with Gasteiger partial charge in [0, 0.05) is 26.8 Å². The average molecular weight is 421 g/mol. The summed E-state index contributed by atoms with van der Waals surface area (Å²) in [5, 5.41) is 2.30. The maximum atomic E-state index is 14.6. The lowest BCUT2D eigenvalue weighted by Crippen LogP contribution is -2.38. The Morgan fingerprint density at radius 3 is 2.14 bits per heavy atom. The van der Waals surface area contributed by atoms with Crippen molar-refractivity contribution >= 4 is 23.4 Å². The van der Waals surface area contributed by atoms with Crippen LogP contribution in [0.25, 0.3) is 0 Å². The lowest BCUT2D eigenvalue weighted by atomic mass is 9.96. The summed E-state index contributed by atoms with van der Waals surface area (Å²) in [6.07, 6.45) is -5.40. The molecule has 29 heavy (non-hydrogen) atoms. The normalized spacial score (nSPS) is 12.9. The number of carbonyl (C=O) groups excluding carboxylic acids is 2. The molecular formula is C19H27F4N3O3. The Morgan fingerprint density at radius 1 is 1.14 bits per heavy atom. The van der Waals surface area contributed by atoms with Crippen LogP contribution in [-0.2, 0) is 9.53 Å². The molecule has 0 saturated heterocycles.